The number of nitrogens with two attached hydrogens (primary N) is 1. The Labute approximate surface area is 89.4 Å². The van der Waals surface area contributed by atoms with Crippen molar-refractivity contribution in [3.63, 3.8) is 0 Å². The summed E-state index contributed by atoms with van der Waals surface area (Å²) < 4.78 is 0. The molecule has 0 bridgehead atoms. The number of carbonyl (C=O) groups excluding carboxylic acids is 1. The maximum Gasteiger partial charge on any atom is 0.303 e. The van der Waals surface area contributed by atoms with Crippen LogP contribution < -0.4 is 11.1 Å². The lowest BCUT2D eigenvalue weighted by Gasteiger charge is -2.14. The van der Waals surface area contributed by atoms with Gasteiger partial charge in [-0.05, 0) is 13.5 Å². The van der Waals surface area contributed by atoms with Gasteiger partial charge in [-0.3, -0.25) is 14.5 Å². The van der Waals surface area contributed by atoms with Crippen LogP contribution in [0.4, 0.5) is 0 Å². The van der Waals surface area contributed by atoms with Crippen LogP contribution in [0.15, 0.2) is 0 Å². The van der Waals surface area contributed by atoms with E-state index in [0.717, 1.165) is 0 Å². The summed E-state index contributed by atoms with van der Waals surface area (Å²) in [4.78, 5) is 23.2. The van der Waals surface area contributed by atoms with Gasteiger partial charge in [0.25, 0.3) is 0 Å². The summed E-state index contributed by atoms with van der Waals surface area (Å²) in [7, 11) is 1.81. The molecule has 0 unspecified atom stereocenters. The number of hydrogen-bond acceptors (Lipinski definition) is 4. The molecule has 0 radical (unpaired) electrons. The molecule has 6 nitrogen and oxygen atoms in total. The van der Waals surface area contributed by atoms with E-state index in [1.807, 2.05) is 11.9 Å². The molecule has 1 amide bonds. The van der Waals surface area contributed by atoms with Crippen molar-refractivity contribution in [1.29, 1.82) is 0 Å². The van der Waals surface area contributed by atoms with Crippen LogP contribution in [0.2, 0.25) is 0 Å². The number of rotatable bonds is 8. The van der Waals surface area contributed by atoms with Gasteiger partial charge in [0.1, 0.15) is 0 Å². The highest BCUT2D eigenvalue weighted by molar-refractivity contribution is 5.78. The Bertz CT molecular complexity index is 209. The lowest BCUT2D eigenvalue weighted by molar-refractivity contribution is -0.137. The zero-order valence-corrected chi connectivity index (χ0v) is 9.03. The number of nitrogens with one attached hydrogen (secondary N) is 1. The average Bonchev–Trinajstić information content (AvgIpc) is 2.12. The first-order valence-electron chi connectivity index (χ1n) is 4.93. The number of carbonyl (C=O) groups is 2. The van der Waals surface area contributed by atoms with E-state index < -0.39 is 5.97 Å². The zero-order chi connectivity index (χ0) is 11.7. The monoisotopic (exact) mass is 217 g/mol. The fourth-order valence-electron chi connectivity index (χ4n) is 1.07. The van der Waals surface area contributed by atoms with Gasteiger partial charge in [0.2, 0.25) is 5.91 Å². The van der Waals surface area contributed by atoms with Crippen molar-refractivity contribution in [3.8, 4) is 0 Å². The molecule has 0 saturated carbocycles. The van der Waals surface area contributed by atoms with Crippen molar-refractivity contribution in [2.24, 2.45) is 5.73 Å². The average molecular weight is 217 g/mol. The van der Waals surface area contributed by atoms with E-state index in [2.05, 4.69) is 5.32 Å². The Morgan fingerprint density at radius 1 is 1.47 bits per heavy atom. The zero-order valence-electron chi connectivity index (χ0n) is 9.03. The molecule has 15 heavy (non-hydrogen) atoms. The fourth-order valence-corrected chi connectivity index (χ4v) is 1.07. The van der Waals surface area contributed by atoms with E-state index in [-0.39, 0.29) is 12.3 Å². The van der Waals surface area contributed by atoms with Crippen LogP contribution in [0.1, 0.15) is 12.8 Å². The van der Waals surface area contributed by atoms with Crippen molar-refractivity contribution >= 4 is 11.9 Å². The molecule has 6 heteroatoms. The molecule has 0 atom stereocenters. The molecular formula is C9H19N3O3. The summed E-state index contributed by atoms with van der Waals surface area (Å²) in [5.41, 5.74) is 5.32. The lowest BCUT2D eigenvalue weighted by Crippen LogP contribution is -2.37. The SMILES string of the molecule is CN(CCN)CC(=O)NCCCC(=O)O. The van der Waals surface area contributed by atoms with Crippen LogP contribution in [0.25, 0.3) is 0 Å². The highest BCUT2D eigenvalue weighted by Gasteiger charge is 2.05. The van der Waals surface area contributed by atoms with Crippen molar-refractivity contribution in [2.75, 3.05) is 33.2 Å². The van der Waals surface area contributed by atoms with Crippen LogP contribution >= 0.6 is 0 Å². The molecule has 0 heterocycles. The van der Waals surface area contributed by atoms with Crippen LogP contribution in [-0.4, -0.2) is 55.1 Å². The molecule has 0 aliphatic heterocycles. The number of amides is 1. The molecule has 4 N–H and O–H groups in total. The third-order valence-electron chi connectivity index (χ3n) is 1.81. The van der Waals surface area contributed by atoms with Gasteiger partial charge in [0.05, 0.1) is 6.54 Å². The van der Waals surface area contributed by atoms with Crippen molar-refractivity contribution in [3.05, 3.63) is 0 Å². The Hall–Kier alpha value is -1.14. The normalized spacial score (nSPS) is 10.3. The van der Waals surface area contributed by atoms with Gasteiger partial charge in [-0.2, -0.15) is 0 Å². The van der Waals surface area contributed by atoms with Crippen molar-refractivity contribution in [2.45, 2.75) is 12.8 Å². The quantitative estimate of drug-likeness (QED) is 0.447. The number of likely N-dealkylation sites (N-methyl/N-ethyl adjacent to an activating group) is 1. The lowest BCUT2D eigenvalue weighted by atomic mass is 10.3. The molecule has 0 aromatic rings. The molecule has 0 aromatic heterocycles. The van der Waals surface area contributed by atoms with E-state index in [4.69, 9.17) is 10.8 Å². The summed E-state index contributed by atoms with van der Waals surface area (Å²) in [6.07, 6.45) is 0.542. The Morgan fingerprint density at radius 3 is 2.67 bits per heavy atom. The first-order valence-corrected chi connectivity index (χ1v) is 4.93. The maximum absolute atomic E-state index is 11.2. The fraction of sp³-hybridized carbons (Fsp3) is 0.778. The third-order valence-corrected chi connectivity index (χ3v) is 1.81. The third kappa shape index (κ3) is 9.17. The van der Waals surface area contributed by atoms with Crippen LogP contribution in [0.5, 0.6) is 0 Å². The van der Waals surface area contributed by atoms with Crippen molar-refractivity contribution < 1.29 is 14.7 Å². The van der Waals surface area contributed by atoms with Gasteiger partial charge in [0.15, 0.2) is 0 Å². The van der Waals surface area contributed by atoms with E-state index >= 15 is 0 Å². The highest BCUT2D eigenvalue weighted by atomic mass is 16.4. The smallest absolute Gasteiger partial charge is 0.303 e. The maximum atomic E-state index is 11.2. The van der Waals surface area contributed by atoms with E-state index in [1.165, 1.54) is 0 Å². The molecule has 88 valence electrons. The summed E-state index contributed by atoms with van der Waals surface area (Å²) in [5.74, 6) is -0.944. The molecule has 0 aliphatic carbocycles. The van der Waals surface area contributed by atoms with Crippen LogP contribution in [0.3, 0.4) is 0 Å². The molecule has 0 aromatic carbocycles. The summed E-state index contributed by atoms with van der Waals surface area (Å²) in [6.45, 7) is 1.89. The number of hydrogen-bond donors (Lipinski definition) is 3. The van der Waals surface area contributed by atoms with Crippen LogP contribution in [0, 0.1) is 0 Å². The molecule has 0 spiro atoms. The van der Waals surface area contributed by atoms with Gasteiger partial charge >= 0.3 is 5.97 Å². The number of nitrogens with zero attached hydrogens (tertiary/aromatic N) is 1. The Morgan fingerprint density at radius 2 is 2.13 bits per heavy atom. The van der Waals surface area contributed by atoms with Crippen LogP contribution in [-0.2, 0) is 9.59 Å². The Balaban J connectivity index is 3.44. The second-order valence-corrected chi connectivity index (χ2v) is 3.37. The number of aliphatic carboxylic acids is 1. The summed E-state index contributed by atoms with van der Waals surface area (Å²) >= 11 is 0. The Kier molecular flexibility index (Phi) is 7.57. The van der Waals surface area contributed by atoms with Gasteiger partial charge in [-0.1, -0.05) is 0 Å². The minimum absolute atomic E-state index is 0.0823. The minimum atomic E-state index is -0.843. The van der Waals surface area contributed by atoms with E-state index in [9.17, 15) is 9.59 Å². The highest BCUT2D eigenvalue weighted by Crippen LogP contribution is 1.86. The standard InChI is InChI=1S/C9H19N3O3/c1-12(6-4-10)7-8(13)11-5-2-3-9(14)15/h2-7,10H2,1H3,(H,11,13)(H,14,15). The molecule has 0 aliphatic rings. The minimum Gasteiger partial charge on any atom is -0.481 e. The number of carboxylic acids is 1. The second kappa shape index (κ2) is 8.19. The van der Waals surface area contributed by atoms with Gasteiger partial charge in [-0.25, -0.2) is 0 Å². The largest absolute Gasteiger partial charge is 0.481 e. The summed E-state index contributed by atoms with van der Waals surface area (Å²) in [5, 5.41) is 11.0. The van der Waals surface area contributed by atoms with Gasteiger partial charge < -0.3 is 16.2 Å². The first kappa shape index (κ1) is 13.9. The van der Waals surface area contributed by atoms with E-state index in [0.29, 0.717) is 32.6 Å². The van der Waals surface area contributed by atoms with E-state index in [1.54, 1.807) is 0 Å². The molecule has 0 saturated heterocycles. The molecular weight excluding hydrogens is 198 g/mol. The predicted octanol–water partition coefficient (Wildman–Crippen LogP) is -1.14. The van der Waals surface area contributed by atoms with Gasteiger partial charge in [0, 0.05) is 26.1 Å². The molecule has 0 fully saturated rings. The number of carboxylic acid groups (broad SMARTS) is 1. The van der Waals surface area contributed by atoms with Crippen molar-refractivity contribution in [1.82, 2.24) is 10.2 Å². The predicted molar refractivity (Wildman–Crippen MR) is 56.4 cm³/mol. The summed E-state index contributed by atoms with van der Waals surface area (Å²) in [6, 6.07) is 0. The van der Waals surface area contributed by atoms with Gasteiger partial charge in [-0.15, -0.1) is 0 Å². The topological polar surface area (TPSA) is 95.7 Å². The second-order valence-electron chi connectivity index (χ2n) is 3.37. The molecule has 0 rings (SSSR count). The first-order chi connectivity index (χ1) is 7.06.